The molecule has 1 aromatic heterocycles. The van der Waals surface area contributed by atoms with Gasteiger partial charge in [-0.1, -0.05) is 56.8 Å². The fraction of sp³-hybridized carbons (Fsp3) is 0.375. The number of hydrogen-bond acceptors (Lipinski definition) is 6. The Kier molecular flexibility index (Phi) is 6.51. The summed E-state index contributed by atoms with van der Waals surface area (Å²) >= 11 is 1.32. The number of thioether (sulfide) groups is 1. The Morgan fingerprint density at radius 2 is 1.67 bits per heavy atom. The van der Waals surface area contributed by atoms with Crippen molar-refractivity contribution in [2.45, 2.75) is 62.4 Å². The molecule has 2 amide bonds. The zero-order valence-corrected chi connectivity index (χ0v) is 20.0. The molecule has 0 bridgehead atoms. The number of carbonyl (C=O) groups is 2. The van der Waals surface area contributed by atoms with Crippen LogP contribution in [0.2, 0.25) is 0 Å². The lowest BCUT2D eigenvalue weighted by molar-refractivity contribution is -0.115. The van der Waals surface area contributed by atoms with E-state index in [0.717, 1.165) is 18.4 Å². The lowest BCUT2D eigenvalue weighted by Gasteiger charge is -2.19. The second-order valence-electron chi connectivity index (χ2n) is 9.21. The summed E-state index contributed by atoms with van der Waals surface area (Å²) < 4.78 is 1.79. The van der Waals surface area contributed by atoms with Gasteiger partial charge in [0.25, 0.3) is 5.91 Å². The third kappa shape index (κ3) is 5.60. The quantitative estimate of drug-likeness (QED) is 0.493. The number of amides is 2. The molecule has 2 N–H and O–H groups in total. The Hall–Kier alpha value is -3.20. The number of tetrazole rings is 1. The molecule has 1 fully saturated rings. The van der Waals surface area contributed by atoms with Crippen LogP contribution in [0.5, 0.6) is 0 Å². The van der Waals surface area contributed by atoms with Crippen LogP contribution >= 0.6 is 11.8 Å². The van der Waals surface area contributed by atoms with Gasteiger partial charge in [0.15, 0.2) is 0 Å². The molecular formula is C24H28N6O2S. The van der Waals surface area contributed by atoms with E-state index >= 15 is 0 Å². The van der Waals surface area contributed by atoms with E-state index in [2.05, 4.69) is 46.9 Å². The Labute approximate surface area is 197 Å². The standard InChI is InChI=1S/C24H28N6O2S/c1-15(33-23-27-28-29-30(23)18-13-14-18)21(31)25-19-7-5-6-8-20(19)26-22(32)16-9-11-17(12-10-16)24(2,3)4/h5-12,15,18H,13-14H2,1-4H3,(H,25,31)(H,26,32). The summed E-state index contributed by atoms with van der Waals surface area (Å²) in [6.07, 6.45) is 2.12. The van der Waals surface area contributed by atoms with Gasteiger partial charge < -0.3 is 10.6 Å². The second-order valence-corrected chi connectivity index (χ2v) is 10.5. The monoisotopic (exact) mass is 464 g/mol. The van der Waals surface area contributed by atoms with Gasteiger partial charge in [-0.15, -0.1) is 5.10 Å². The molecule has 0 spiro atoms. The summed E-state index contributed by atoms with van der Waals surface area (Å²) in [7, 11) is 0. The van der Waals surface area contributed by atoms with Gasteiger partial charge in [-0.3, -0.25) is 9.59 Å². The molecule has 1 aliphatic rings. The van der Waals surface area contributed by atoms with Crippen molar-refractivity contribution in [2.75, 3.05) is 10.6 Å². The lowest BCUT2D eigenvalue weighted by Crippen LogP contribution is -2.24. The van der Waals surface area contributed by atoms with Crippen molar-refractivity contribution in [3.8, 4) is 0 Å². The van der Waals surface area contributed by atoms with E-state index in [-0.39, 0.29) is 17.2 Å². The number of hydrogen-bond donors (Lipinski definition) is 2. The Morgan fingerprint density at radius 1 is 1.03 bits per heavy atom. The van der Waals surface area contributed by atoms with Gasteiger partial charge in [0.05, 0.1) is 22.7 Å². The third-order valence-electron chi connectivity index (χ3n) is 5.45. The van der Waals surface area contributed by atoms with Gasteiger partial charge in [0.2, 0.25) is 11.1 Å². The van der Waals surface area contributed by atoms with Gasteiger partial charge in [-0.25, -0.2) is 4.68 Å². The maximum absolute atomic E-state index is 12.9. The Bertz CT molecular complexity index is 1150. The van der Waals surface area contributed by atoms with Crippen LogP contribution < -0.4 is 10.6 Å². The molecule has 9 heteroatoms. The highest BCUT2D eigenvalue weighted by Gasteiger charge is 2.29. The van der Waals surface area contributed by atoms with Crippen molar-refractivity contribution in [1.82, 2.24) is 20.2 Å². The first kappa shape index (κ1) is 23.0. The first-order valence-electron chi connectivity index (χ1n) is 11.0. The minimum Gasteiger partial charge on any atom is -0.323 e. The van der Waals surface area contributed by atoms with Crippen molar-refractivity contribution >= 4 is 35.0 Å². The molecule has 4 rings (SSSR count). The van der Waals surface area contributed by atoms with Crippen molar-refractivity contribution < 1.29 is 9.59 Å². The highest BCUT2D eigenvalue weighted by molar-refractivity contribution is 8.00. The van der Waals surface area contributed by atoms with Gasteiger partial charge in [-0.05, 0) is 65.4 Å². The van der Waals surface area contributed by atoms with Crippen molar-refractivity contribution in [1.29, 1.82) is 0 Å². The Balaban J connectivity index is 1.42. The summed E-state index contributed by atoms with van der Waals surface area (Å²) in [4.78, 5) is 25.7. The van der Waals surface area contributed by atoms with Gasteiger partial charge >= 0.3 is 0 Å². The largest absolute Gasteiger partial charge is 0.323 e. The van der Waals surface area contributed by atoms with Gasteiger partial charge in [-0.2, -0.15) is 0 Å². The van der Waals surface area contributed by atoms with E-state index in [9.17, 15) is 9.59 Å². The molecule has 0 radical (unpaired) electrons. The van der Waals surface area contributed by atoms with Crippen LogP contribution in [0.3, 0.4) is 0 Å². The number of rotatable bonds is 7. The first-order chi connectivity index (χ1) is 15.7. The molecule has 1 atom stereocenters. The molecule has 33 heavy (non-hydrogen) atoms. The number of nitrogens with zero attached hydrogens (tertiary/aromatic N) is 4. The average Bonchev–Trinajstić information content (AvgIpc) is 3.53. The van der Waals surface area contributed by atoms with Crippen LogP contribution in [0.1, 0.15) is 62.5 Å². The highest BCUT2D eigenvalue weighted by atomic mass is 32.2. The SMILES string of the molecule is CC(Sc1nnnn1C1CC1)C(=O)Nc1ccccc1NC(=O)c1ccc(C(C)(C)C)cc1. The second kappa shape index (κ2) is 9.35. The first-order valence-corrected chi connectivity index (χ1v) is 11.9. The van der Waals surface area contributed by atoms with E-state index < -0.39 is 5.25 Å². The molecule has 172 valence electrons. The fourth-order valence-electron chi connectivity index (χ4n) is 3.27. The number of aromatic nitrogens is 4. The van der Waals surface area contributed by atoms with E-state index in [1.165, 1.54) is 11.8 Å². The zero-order valence-electron chi connectivity index (χ0n) is 19.2. The normalized spacial score (nSPS) is 14.5. The van der Waals surface area contributed by atoms with E-state index in [4.69, 9.17) is 0 Å². The molecule has 8 nitrogen and oxygen atoms in total. The molecule has 1 aliphatic carbocycles. The van der Waals surface area contributed by atoms with Crippen LogP contribution in [-0.4, -0.2) is 37.3 Å². The van der Waals surface area contributed by atoms with E-state index in [1.54, 1.807) is 16.8 Å². The molecule has 2 aromatic carbocycles. The summed E-state index contributed by atoms with van der Waals surface area (Å²) in [5, 5.41) is 17.9. The van der Waals surface area contributed by atoms with Crippen LogP contribution in [0.4, 0.5) is 11.4 Å². The average molecular weight is 465 g/mol. The molecule has 0 aliphatic heterocycles. The van der Waals surface area contributed by atoms with Gasteiger partial charge in [0, 0.05) is 5.56 Å². The topological polar surface area (TPSA) is 102 Å². The molecule has 1 unspecified atom stereocenters. The zero-order chi connectivity index (χ0) is 23.6. The van der Waals surface area contributed by atoms with Crippen LogP contribution in [0, 0.1) is 0 Å². The summed E-state index contributed by atoms with van der Waals surface area (Å²) in [5.74, 6) is -0.426. The van der Waals surface area contributed by atoms with Crippen LogP contribution in [0.15, 0.2) is 53.7 Å². The molecule has 1 saturated carbocycles. The maximum Gasteiger partial charge on any atom is 0.255 e. The van der Waals surface area contributed by atoms with Crippen LogP contribution in [-0.2, 0) is 10.2 Å². The van der Waals surface area contributed by atoms with Gasteiger partial charge in [0.1, 0.15) is 0 Å². The number of anilines is 2. The predicted molar refractivity (Wildman–Crippen MR) is 130 cm³/mol. The van der Waals surface area contributed by atoms with Crippen LogP contribution in [0.25, 0.3) is 0 Å². The predicted octanol–water partition coefficient (Wildman–Crippen LogP) is 4.68. The van der Waals surface area contributed by atoms with E-state index in [0.29, 0.717) is 28.1 Å². The maximum atomic E-state index is 12.9. The van der Waals surface area contributed by atoms with Crippen molar-refractivity contribution in [3.63, 3.8) is 0 Å². The summed E-state index contributed by atoms with van der Waals surface area (Å²) in [5.41, 5.74) is 2.81. The minimum absolute atomic E-state index is 0.0164. The number of benzene rings is 2. The van der Waals surface area contributed by atoms with Crippen molar-refractivity contribution in [3.05, 3.63) is 59.7 Å². The highest BCUT2D eigenvalue weighted by Crippen LogP contribution is 2.37. The molecule has 3 aromatic rings. The lowest BCUT2D eigenvalue weighted by atomic mass is 9.87. The summed E-state index contributed by atoms with van der Waals surface area (Å²) in [6, 6.07) is 15.1. The van der Waals surface area contributed by atoms with E-state index in [1.807, 2.05) is 43.3 Å². The fourth-order valence-corrected chi connectivity index (χ4v) is 4.13. The molecule has 1 heterocycles. The number of carbonyl (C=O) groups excluding carboxylic acids is 2. The minimum atomic E-state index is -0.415. The number of para-hydroxylation sites is 2. The summed E-state index contributed by atoms with van der Waals surface area (Å²) in [6.45, 7) is 8.20. The smallest absolute Gasteiger partial charge is 0.255 e. The third-order valence-corrected chi connectivity index (χ3v) is 6.50. The number of nitrogens with one attached hydrogen (secondary N) is 2. The molecular weight excluding hydrogens is 436 g/mol. The Morgan fingerprint density at radius 3 is 2.27 bits per heavy atom. The molecule has 0 saturated heterocycles. The van der Waals surface area contributed by atoms with Crippen molar-refractivity contribution in [2.24, 2.45) is 0 Å².